The highest BCUT2D eigenvalue weighted by Gasteiger charge is 2.08. The van der Waals surface area contributed by atoms with Crippen molar-refractivity contribution < 1.29 is 14.6 Å². The molecular weight excluding hydrogens is 206 g/mol. The van der Waals surface area contributed by atoms with E-state index in [-0.39, 0.29) is 6.61 Å². The van der Waals surface area contributed by atoms with Crippen LogP contribution in [0.15, 0.2) is 18.5 Å². The van der Waals surface area contributed by atoms with Gasteiger partial charge < -0.3 is 14.6 Å². The molecule has 0 aliphatic carbocycles. The predicted octanol–water partition coefficient (Wildman–Crippen LogP) is 1.94. The molecule has 0 amide bonds. The average Bonchev–Trinajstić information content (AvgIpc) is 2.33. The van der Waals surface area contributed by atoms with Gasteiger partial charge in [0.1, 0.15) is 11.9 Å². The van der Waals surface area contributed by atoms with Crippen LogP contribution in [0.4, 0.5) is 0 Å². The summed E-state index contributed by atoms with van der Waals surface area (Å²) in [6.45, 7) is 5.48. The molecule has 0 saturated heterocycles. The van der Waals surface area contributed by atoms with Crippen molar-refractivity contribution in [1.29, 1.82) is 0 Å². The van der Waals surface area contributed by atoms with Crippen LogP contribution in [0.1, 0.15) is 31.9 Å². The standard InChI is InChI=1S/C12H19NO3/c1-3-5-16-11-6-10(7-13-8-11)12(14)9-15-4-2/h6-8,12,14H,3-5,9H2,1-2H3. The zero-order valence-electron chi connectivity index (χ0n) is 9.85. The van der Waals surface area contributed by atoms with Gasteiger partial charge in [0, 0.05) is 18.4 Å². The second-order valence-electron chi connectivity index (χ2n) is 3.48. The Labute approximate surface area is 96.2 Å². The lowest BCUT2D eigenvalue weighted by atomic mass is 10.2. The van der Waals surface area contributed by atoms with Crippen LogP contribution in [0.25, 0.3) is 0 Å². The summed E-state index contributed by atoms with van der Waals surface area (Å²) >= 11 is 0. The van der Waals surface area contributed by atoms with Gasteiger partial charge in [0.2, 0.25) is 0 Å². The van der Waals surface area contributed by atoms with E-state index in [1.54, 1.807) is 18.5 Å². The van der Waals surface area contributed by atoms with Crippen molar-refractivity contribution >= 4 is 0 Å². The zero-order chi connectivity index (χ0) is 11.8. The fourth-order valence-corrected chi connectivity index (χ4v) is 1.24. The molecule has 0 fully saturated rings. The lowest BCUT2D eigenvalue weighted by Crippen LogP contribution is -2.07. The largest absolute Gasteiger partial charge is 0.492 e. The Kier molecular flexibility index (Phi) is 5.82. The highest BCUT2D eigenvalue weighted by Crippen LogP contribution is 2.18. The van der Waals surface area contributed by atoms with Gasteiger partial charge in [-0.15, -0.1) is 0 Å². The summed E-state index contributed by atoms with van der Waals surface area (Å²) in [4.78, 5) is 4.03. The maximum atomic E-state index is 9.78. The van der Waals surface area contributed by atoms with Crippen LogP contribution in [0.5, 0.6) is 5.75 Å². The topological polar surface area (TPSA) is 51.6 Å². The van der Waals surface area contributed by atoms with Crippen molar-refractivity contribution in [3.63, 3.8) is 0 Å². The molecule has 16 heavy (non-hydrogen) atoms. The zero-order valence-corrected chi connectivity index (χ0v) is 9.85. The first-order chi connectivity index (χ1) is 7.77. The molecule has 1 N–H and O–H groups in total. The molecule has 1 heterocycles. The lowest BCUT2D eigenvalue weighted by Gasteiger charge is -2.11. The van der Waals surface area contributed by atoms with E-state index in [1.165, 1.54) is 0 Å². The van der Waals surface area contributed by atoms with E-state index in [2.05, 4.69) is 4.98 Å². The van der Waals surface area contributed by atoms with Gasteiger partial charge in [-0.25, -0.2) is 0 Å². The summed E-state index contributed by atoms with van der Waals surface area (Å²) in [6.07, 6.45) is 3.58. The van der Waals surface area contributed by atoms with E-state index in [1.807, 2.05) is 13.8 Å². The van der Waals surface area contributed by atoms with Crippen LogP contribution in [0.3, 0.4) is 0 Å². The van der Waals surface area contributed by atoms with Gasteiger partial charge in [0.05, 0.1) is 19.4 Å². The van der Waals surface area contributed by atoms with Crippen LogP contribution in [0, 0.1) is 0 Å². The maximum absolute atomic E-state index is 9.78. The number of hydrogen-bond donors (Lipinski definition) is 1. The van der Waals surface area contributed by atoms with Crippen molar-refractivity contribution in [1.82, 2.24) is 4.98 Å². The summed E-state index contributed by atoms with van der Waals surface area (Å²) < 4.78 is 10.6. The Morgan fingerprint density at radius 3 is 2.88 bits per heavy atom. The van der Waals surface area contributed by atoms with Crippen molar-refractivity contribution in [3.05, 3.63) is 24.0 Å². The van der Waals surface area contributed by atoms with Gasteiger partial charge >= 0.3 is 0 Å². The molecule has 0 spiro atoms. The summed E-state index contributed by atoms with van der Waals surface area (Å²) in [5.74, 6) is 0.690. The molecule has 90 valence electrons. The van der Waals surface area contributed by atoms with E-state index < -0.39 is 6.10 Å². The first-order valence-electron chi connectivity index (χ1n) is 5.61. The van der Waals surface area contributed by atoms with E-state index in [9.17, 15) is 5.11 Å². The summed E-state index contributed by atoms with van der Waals surface area (Å²) in [7, 11) is 0. The molecule has 1 unspecified atom stereocenters. The van der Waals surface area contributed by atoms with Crippen molar-refractivity contribution in [2.24, 2.45) is 0 Å². The van der Waals surface area contributed by atoms with Crippen LogP contribution in [0.2, 0.25) is 0 Å². The van der Waals surface area contributed by atoms with Crippen LogP contribution < -0.4 is 4.74 Å². The Balaban J connectivity index is 2.58. The SMILES string of the molecule is CCCOc1cncc(C(O)COCC)c1. The molecular formula is C12H19NO3. The van der Waals surface area contributed by atoms with E-state index in [0.717, 1.165) is 12.0 Å². The molecule has 0 saturated carbocycles. The summed E-state index contributed by atoms with van der Waals surface area (Å²) in [6, 6.07) is 1.80. The van der Waals surface area contributed by atoms with Crippen molar-refractivity contribution in [3.8, 4) is 5.75 Å². The second-order valence-corrected chi connectivity index (χ2v) is 3.48. The highest BCUT2D eigenvalue weighted by molar-refractivity contribution is 5.25. The minimum Gasteiger partial charge on any atom is -0.492 e. The van der Waals surface area contributed by atoms with Gasteiger partial charge in [-0.05, 0) is 19.4 Å². The Morgan fingerprint density at radius 1 is 1.38 bits per heavy atom. The van der Waals surface area contributed by atoms with Gasteiger partial charge in [-0.3, -0.25) is 4.98 Å². The lowest BCUT2D eigenvalue weighted by molar-refractivity contribution is 0.0417. The second kappa shape index (κ2) is 7.19. The Hall–Kier alpha value is -1.13. The molecule has 0 aromatic carbocycles. The van der Waals surface area contributed by atoms with Crippen LogP contribution in [-0.4, -0.2) is 29.9 Å². The number of aliphatic hydroxyl groups is 1. The summed E-state index contributed by atoms with van der Waals surface area (Å²) in [5.41, 5.74) is 0.724. The molecule has 0 bridgehead atoms. The highest BCUT2D eigenvalue weighted by atomic mass is 16.5. The quantitative estimate of drug-likeness (QED) is 0.770. The fraction of sp³-hybridized carbons (Fsp3) is 0.583. The normalized spacial score (nSPS) is 12.4. The number of ether oxygens (including phenoxy) is 2. The van der Waals surface area contributed by atoms with Crippen molar-refractivity contribution in [2.45, 2.75) is 26.4 Å². The molecule has 0 radical (unpaired) electrons. The van der Waals surface area contributed by atoms with Crippen LogP contribution >= 0.6 is 0 Å². The first kappa shape index (κ1) is 12.9. The molecule has 0 aliphatic rings. The number of aromatic nitrogens is 1. The number of pyridine rings is 1. The Bertz CT molecular complexity index is 304. The molecule has 0 aliphatic heterocycles. The number of aliphatic hydroxyl groups excluding tert-OH is 1. The molecule has 1 aromatic heterocycles. The van der Waals surface area contributed by atoms with Gasteiger partial charge in [0.15, 0.2) is 0 Å². The minimum absolute atomic E-state index is 0.287. The van der Waals surface area contributed by atoms with Gasteiger partial charge in [0.25, 0.3) is 0 Å². The van der Waals surface area contributed by atoms with E-state index >= 15 is 0 Å². The minimum atomic E-state index is -0.641. The molecule has 1 aromatic rings. The molecule has 1 atom stereocenters. The smallest absolute Gasteiger partial charge is 0.137 e. The van der Waals surface area contributed by atoms with Gasteiger partial charge in [-0.1, -0.05) is 6.92 Å². The number of rotatable bonds is 7. The van der Waals surface area contributed by atoms with Crippen molar-refractivity contribution in [2.75, 3.05) is 19.8 Å². The number of nitrogens with zero attached hydrogens (tertiary/aromatic N) is 1. The summed E-state index contributed by atoms with van der Waals surface area (Å²) in [5, 5.41) is 9.78. The predicted molar refractivity (Wildman–Crippen MR) is 61.5 cm³/mol. The third-order valence-electron chi connectivity index (χ3n) is 2.07. The Morgan fingerprint density at radius 2 is 2.19 bits per heavy atom. The van der Waals surface area contributed by atoms with E-state index in [0.29, 0.717) is 19.0 Å². The van der Waals surface area contributed by atoms with E-state index in [4.69, 9.17) is 9.47 Å². The van der Waals surface area contributed by atoms with Crippen LogP contribution in [-0.2, 0) is 4.74 Å². The fourth-order valence-electron chi connectivity index (χ4n) is 1.24. The monoisotopic (exact) mass is 225 g/mol. The first-order valence-corrected chi connectivity index (χ1v) is 5.61. The maximum Gasteiger partial charge on any atom is 0.137 e. The molecule has 4 heteroatoms. The molecule has 1 rings (SSSR count). The number of hydrogen-bond acceptors (Lipinski definition) is 4. The van der Waals surface area contributed by atoms with Gasteiger partial charge in [-0.2, -0.15) is 0 Å². The third-order valence-corrected chi connectivity index (χ3v) is 2.07. The average molecular weight is 225 g/mol. The third kappa shape index (κ3) is 4.16. The molecule has 4 nitrogen and oxygen atoms in total.